The van der Waals surface area contributed by atoms with Gasteiger partial charge in [-0.1, -0.05) is 6.07 Å². The van der Waals surface area contributed by atoms with Gasteiger partial charge in [0, 0.05) is 18.4 Å². The lowest BCUT2D eigenvalue weighted by atomic mass is 10.0. The summed E-state index contributed by atoms with van der Waals surface area (Å²) in [4.78, 5) is 4.00. The number of hydrogen-bond donors (Lipinski definition) is 2. The Hall–Kier alpha value is -0.970. The Kier molecular flexibility index (Phi) is 3.23. The van der Waals surface area contributed by atoms with Gasteiger partial charge < -0.3 is 9.84 Å². The first-order chi connectivity index (χ1) is 7.57. The van der Waals surface area contributed by atoms with Gasteiger partial charge in [0.15, 0.2) is 0 Å². The first-order valence-electron chi connectivity index (χ1n) is 5.56. The number of rotatable bonds is 3. The lowest BCUT2D eigenvalue weighted by Gasteiger charge is -2.19. The predicted octanol–water partition coefficient (Wildman–Crippen LogP) is 1.23. The van der Waals surface area contributed by atoms with Crippen LogP contribution in [0.2, 0.25) is 0 Å². The monoisotopic (exact) mass is 222 g/mol. The topological polar surface area (TPSA) is 54.4 Å². The quantitative estimate of drug-likeness (QED) is 0.807. The Morgan fingerprint density at radius 1 is 1.69 bits per heavy atom. The standard InChI is InChI=1S/C12H18N2O2/c1-12(2)14-10(8-16-12)6-11(15)9-4-3-5-13-7-9/h3-5,7,10-11,14-15H,6,8H2,1-2H3/t10-,11+/m0/s1. The first-order valence-corrected chi connectivity index (χ1v) is 5.56. The molecule has 0 bridgehead atoms. The van der Waals surface area contributed by atoms with Crippen LogP contribution in [-0.2, 0) is 4.74 Å². The molecule has 0 aliphatic carbocycles. The fourth-order valence-electron chi connectivity index (χ4n) is 1.99. The smallest absolute Gasteiger partial charge is 0.113 e. The van der Waals surface area contributed by atoms with Crippen LogP contribution in [-0.4, -0.2) is 28.5 Å². The molecule has 1 aromatic heterocycles. The van der Waals surface area contributed by atoms with E-state index in [1.165, 1.54) is 0 Å². The molecule has 2 rings (SSSR count). The van der Waals surface area contributed by atoms with Crippen LogP contribution in [0.5, 0.6) is 0 Å². The van der Waals surface area contributed by atoms with E-state index in [-0.39, 0.29) is 11.8 Å². The summed E-state index contributed by atoms with van der Waals surface area (Å²) in [6.45, 7) is 4.62. The summed E-state index contributed by atoms with van der Waals surface area (Å²) in [5.74, 6) is 0. The molecule has 0 aromatic carbocycles. The molecular weight excluding hydrogens is 204 g/mol. The highest BCUT2D eigenvalue weighted by Gasteiger charge is 2.31. The molecule has 1 saturated heterocycles. The molecule has 2 N–H and O–H groups in total. The molecule has 2 atom stereocenters. The van der Waals surface area contributed by atoms with Crippen LogP contribution in [0.4, 0.5) is 0 Å². The number of aromatic nitrogens is 1. The maximum Gasteiger partial charge on any atom is 0.113 e. The first kappa shape index (κ1) is 11.5. The largest absolute Gasteiger partial charge is 0.388 e. The van der Waals surface area contributed by atoms with Gasteiger partial charge in [-0.2, -0.15) is 0 Å². The Morgan fingerprint density at radius 2 is 2.50 bits per heavy atom. The van der Waals surface area contributed by atoms with Crippen LogP contribution in [0.1, 0.15) is 31.9 Å². The van der Waals surface area contributed by atoms with Crippen molar-refractivity contribution >= 4 is 0 Å². The van der Waals surface area contributed by atoms with Crippen LogP contribution in [0, 0.1) is 0 Å². The molecule has 0 spiro atoms. The summed E-state index contributed by atoms with van der Waals surface area (Å²) in [6, 6.07) is 3.92. The van der Waals surface area contributed by atoms with E-state index in [1.54, 1.807) is 12.4 Å². The van der Waals surface area contributed by atoms with E-state index in [2.05, 4.69) is 10.3 Å². The van der Waals surface area contributed by atoms with Crippen molar-refractivity contribution in [3.8, 4) is 0 Å². The van der Waals surface area contributed by atoms with Crippen LogP contribution in [0.25, 0.3) is 0 Å². The number of hydrogen-bond acceptors (Lipinski definition) is 4. The minimum atomic E-state index is -0.483. The minimum absolute atomic E-state index is 0.199. The van der Waals surface area contributed by atoms with Gasteiger partial charge in [-0.05, 0) is 31.9 Å². The van der Waals surface area contributed by atoms with Crippen molar-refractivity contribution in [3.05, 3.63) is 30.1 Å². The molecular formula is C12H18N2O2. The van der Waals surface area contributed by atoms with E-state index in [1.807, 2.05) is 26.0 Å². The summed E-state index contributed by atoms with van der Waals surface area (Å²) < 4.78 is 5.55. The molecule has 0 unspecified atom stereocenters. The summed E-state index contributed by atoms with van der Waals surface area (Å²) >= 11 is 0. The third-order valence-electron chi connectivity index (χ3n) is 2.77. The normalized spacial score (nSPS) is 25.6. The second kappa shape index (κ2) is 4.49. The number of aliphatic hydroxyl groups is 1. The Morgan fingerprint density at radius 3 is 3.06 bits per heavy atom. The average Bonchev–Trinajstić information content (AvgIpc) is 2.59. The molecule has 0 amide bonds. The highest BCUT2D eigenvalue weighted by Crippen LogP contribution is 2.23. The van der Waals surface area contributed by atoms with Crippen LogP contribution in [0.3, 0.4) is 0 Å². The highest BCUT2D eigenvalue weighted by atomic mass is 16.5. The van der Waals surface area contributed by atoms with Crippen molar-refractivity contribution in [2.75, 3.05) is 6.61 Å². The van der Waals surface area contributed by atoms with E-state index < -0.39 is 6.10 Å². The highest BCUT2D eigenvalue weighted by molar-refractivity contribution is 5.12. The van der Waals surface area contributed by atoms with Crippen molar-refractivity contribution in [2.45, 2.75) is 38.1 Å². The maximum atomic E-state index is 10.0. The van der Waals surface area contributed by atoms with Crippen LogP contribution in [0.15, 0.2) is 24.5 Å². The number of pyridine rings is 1. The zero-order chi connectivity index (χ0) is 11.6. The molecule has 4 nitrogen and oxygen atoms in total. The van der Waals surface area contributed by atoms with Gasteiger partial charge in [0.25, 0.3) is 0 Å². The van der Waals surface area contributed by atoms with E-state index in [4.69, 9.17) is 4.74 Å². The molecule has 1 fully saturated rings. The van der Waals surface area contributed by atoms with Crippen molar-refractivity contribution in [1.82, 2.24) is 10.3 Å². The van der Waals surface area contributed by atoms with Gasteiger partial charge in [0.2, 0.25) is 0 Å². The Balaban J connectivity index is 1.91. The second-order valence-electron chi connectivity index (χ2n) is 4.70. The lowest BCUT2D eigenvalue weighted by Crippen LogP contribution is -2.38. The molecule has 1 aromatic rings. The molecule has 16 heavy (non-hydrogen) atoms. The predicted molar refractivity (Wildman–Crippen MR) is 60.8 cm³/mol. The van der Waals surface area contributed by atoms with Crippen LogP contribution >= 0.6 is 0 Å². The molecule has 0 radical (unpaired) electrons. The summed E-state index contributed by atoms with van der Waals surface area (Å²) in [5.41, 5.74) is 0.577. The van der Waals surface area contributed by atoms with E-state index in [9.17, 15) is 5.11 Å². The molecule has 0 saturated carbocycles. The number of nitrogens with zero attached hydrogens (tertiary/aromatic N) is 1. The molecule has 1 aliphatic heterocycles. The summed E-state index contributed by atoms with van der Waals surface area (Å²) in [7, 11) is 0. The fraction of sp³-hybridized carbons (Fsp3) is 0.583. The van der Waals surface area contributed by atoms with Crippen molar-refractivity contribution < 1.29 is 9.84 Å². The molecule has 88 valence electrons. The molecule has 2 heterocycles. The lowest BCUT2D eigenvalue weighted by molar-refractivity contribution is 0.0229. The van der Waals surface area contributed by atoms with Gasteiger partial charge in [0.05, 0.1) is 12.7 Å². The van der Waals surface area contributed by atoms with E-state index in [0.29, 0.717) is 13.0 Å². The number of ether oxygens (including phenoxy) is 1. The average molecular weight is 222 g/mol. The zero-order valence-electron chi connectivity index (χ0n) is 9.68. The van der Waals surface area contributed by atoms with Crippen LogP contribution < -0.4 is 5.32 Å². The van der Waals surface area contributed by atoms with Crippen molar-refractivity contribution in [1.29, 1.82) is 0 Å². The molecule has 1 aliphatic rings. The summed E-state index contributed by atoms with van der Waals surface area (Å²) in [6.07, 6.45) is 3.57. The SMILES string of the molecule is CC1(C)N[C@@H](C[C@@H](O)c2cccnc2)CO1. The Bertz CT molecular complexity index is 340. The van der Waals surface area contributed by atoms with Gasteiger partial charge >= 0.3 is 0 Å². The maximum absolute atomic E-state index is 10.0. The second-order valence-corrected chi connectivity index (χ2v) is 4.70. The van der Waals surface area contributed by atoms with Gasteiger partial charge in [-0.25, -0.2) is 0 Å². The van der Waals surface area contributed by atoms with Gasteiger partial charge in [0.1, 0.15) is 5.72 Å². The minimum Gasteiger partial charge on any atom is -0.388 e. The Labute approximate surface area is 95.7 Å². The van der Waals surface area contributed by atoms with E-state index in [0.717, 1.165) is 5.56 Å². The number of aliphatic hydroxyl groups excluding tert-OH is 1. The third kappa shape index (κ3) is 2.78. The van der Waals surface area contributed by atoms with E-state index >= 15 is 0 Å². The summed E-state index contributed by atoms with van der Waals surface area (Å²) in [5, 5.41) is 13.3. The molecule has 4 heteroatoms. The fourth-order valence-corrected chi connectivity index (χ4v) is 1.99. The van der Waals surface area contributed by atoms with Crippen molar-refractivity contribution in [3.63, 3.8) is 0 Å². The van der Waals surface area contributed by atoms with Gasteiger partial charge in [-0.15, -0.1) is 0 Å². The number of nitrogens with one attached hydrogen (secondary N) is 1. The zero-order valence-corrected chi connectivity index (χ0v) is 9.68. The van der Waals surface area contributed by atoms with Gasteiger partial charge in [-0.3, -0.25) is 10.3 Å². The van der Waals surface area contributed by atoms with Crippen molar-refractivity contribution in [2.24, 2.45) is 0 Å². The third-order valence-corrected chi connectivity index (χ3v) is 2.77.